The van der Waals surface area contributed by atoms with Crippen LogP contribution in [0.15, 0.2) is 18.3 Å². The molecule has 2 N–H and O–H groups in total. The molecule has 1 aromatic heterocycles. The van der Waals surface area contributed by atoms with E-state index in [1.807, 2.05) is 0 Å². The van der Waals surface area contributed by atoms with Gasteiger partial charge in [-0.15, -0.1) is 0 Å². The summed E-state index contributed by atoms with van der Waals surface area (Å²) in [5, 5.41) is 11.6. The molecule has 0 radical (unpaired) electrons. The highest BCUT2D eigenvalue weighted by Gasteiger charge is 2.17. The second-order valence-electron chi connectivity index (χ2n) is 4.65. The highest BCUT2D eigenvalue weighted by molar-refractivity contribution is 5.94. The molecule has 106 valence electrons. The molecule has 2 heterocycles. The van der Waals surface area contributed by atoms with E-state index in [4.69, 9.17) is 9.84 Å². The number of nitrogens with one attached hydrogen (secondary N) is 1. The summed E-state index contributed by atoms with van der Waals surface area (Å²) in [6.45, 7) is 1.85. The van der Waals surface area contributed by atoms with Gasteiger partial charge >= 0.3 is 0 Å². The number of aliphatic hydroxyl groups is 1. The van der Waals surface area contributed by atoms with Crippen LogP contribution in [-0.4, -0.2) is 42.4 Å². The Balaban J connectivity index is 1.97. The molecule has 20 heavy (non-hydrogen) atoms. The van der Waals surface area contributed by atoms with Gasteiger partial charge in [0.25, 0.3) is 5.91 Å². The van der Waals surface area contributed by atoms with Gasteiger partial charge in [0.1, 0.15) is 12.3 Å². The van der Waals surface area contributed by atoms with Crippen LogP contribution in [0.4, 0.5) is 0 Å². The van der Waals surface area contributed by atoms with Crippen molar-refractivity contribution in [2.45, 2.75) is 12.8 Å². The maximum atomic E-state index is 12.1. The number of hydrogen-bond donors (Lipinski definition) is 2. The number of rotatable bonds is 3. The van der Waals surface area contributed by atoms with E-state index in [0.29, 0.717) is 30.3 Å². The van der Waals surface area contributed by atoms with Crippen LogP contribution in [0.1, 0.15) is 28.9 Å². The van der Waals surface area contributed by atoms with Crippen molar-refractivity contribution in [3.63, 3.8) is 0 Å². The molecular weight excluding hydrogens is 256 g/mol. The lowest BCUT2D eigenvalue weighted by atomic mass is 10.0. The van der Waals surface area contributed by atoms with Crippen LogP contribution >= 0.6 is 0 Å². The summed E-state index contributed by atoms with van der Waals surface area (Å²) in [6.07, 6.45) is 3.67. The molecule has 1 atom stereocenters. The molecule has 1 aliphatic heterocycles. The van der Waals surface area contributed by atoms with Crippen molar-refractivity contribution in [3.8, 4) is 11.8 Å². The van der Waals surface area contributed by atoms with Gasteiger partial charge in [-0.05, 0) is 30.9 Å². The molecule has 1 amide bonds. The zero-order chi connectivity index (χ0) is 14.2. The largest absolute Gasteiger partial charge is 0.384 e. The van der Waals surface area contributed by atoms with Crippen molar-refractivity contribution in [1.82, 2.24) is 10.3 Å². The monoisotopic (exact) mass is 274 g/mol. The first-order valence-electron chi connectivity index (χ1n) is 6.72. The number of carbonyl (C=O) groups excluding carboxylic acids is 1. The van der Waals surface area contributed by atoms with Gasteiger partial charge in [-0.1, -0.05) is 11.8 Å². The highest BCUT2D eigenvalue weighted by atomic mass is 16.5. The number of carbonyl (C=O) groups is 1. The standard InChI is InChI=1S/C15H18N2O3/c18-8-2-6-13-5-1-7-16-14(13)15(19)17-10-12-4-3-9-20-11-12/h1,5,7,12,18H,3-4,8-11H2,(H,17,19). The number of nitrogens with zero attached hydrogens (tertiary/aromatic N) is 1. The van der Waals surface area contributed by atoms with Gasteiger partial charge in [0, 0.05) is 19.3 Å². The first kappa shape index (κ1) is 14.5. The summed E-state index contributed by atoms with van der Waals surface area (Å²) in [6, 6.07) is 3.43. The molecule has 0 saturated carbocycles. The van der Waals surface area contributed by atoms with Crippen molar-refractivity contribution in [3.05, 3.63) is 29.6 Å². The summed E-state index contributed by atoms with van der Waals surface area (Å²) in [7, 11) is 0. The van der Waals surface area contributed by atoms with Crippen molar-refractivity contribution in [2.75, 3.05) is 26.4 Å². The lowest BCUT2D eigenvalue weighted by Gasteiger charge is -2.22. The summed E-state index contributed by atoms with van der Waals surface area (Å²) in [4.78, 5) is 16.2. The summed E-state index contributed by atoms with van der Waals surface area (Å²) in [5.74, 6) is 5.39. The lowest BCUT2D eigenvalue weighted by Crippen LogP contribution is -2.34. The number of aliphatic hydroxyl groups excluding tert-OH is 1. The van der Waals surface area contributed by atoms with E-state index in [2.05, 4.69) is 22.1 Å². The molecule has 1 unspecified atom stereocenters. The van der Waals surface area contributed by atoms with Crippen LogP contribution in [0.2, 0.25) is 0 Å². The fourth-order valence-electron chi connectivity index (χ4n) is 2.11. The summed E-state index contributed by atoms with van der Waals surface area (Å²) < 4.78 is 5.38. The van der Waals surface area contributed by atoms with Crippen LogP contribution in [0, 0.1) is 17.8 Å². The maximum absolute atomic E-state index is 12.1. The van der Waals surface area contributed by atoms with Crippen LogP contribution in [-0.2, 0) is 4.74 Å². The van der Waals surface area contributed by atoms with E-state index < -0.39 is 0 Å². The van der Waals surface area contributed by atoms with Crippen LogP contribution < -0.4 is 5.32 Å². The molecule has 1 aliphatic rings. The third-order valence-corrected chi connectivity index (χ3v) is 3.13. The Hall–Kier alpha value is -1.90. The SMILES string of the molecule is O=C(NCC1CCCOC1)c1ncccc1C#CCO. The van der Waals surface area contributed by atoms with Gasteiger partial charge < -0.3 is 15.2 Å². The van der Waals surface area contributed by atoms with Crippen LogP contribution in [0.3, 0.4) is 0 Å². The number of hydrogen-bond acceptors (Lipinski definition) is 4. The fraction of sp³-hybridized carbons (Fsp3) is 0.467. The quantitative estimate of drug-likeness (QED) is 0.791. The Morgan fingerprint density at radius 2 is 2.50 bits per heavy atom. The van der Waals surface area contributed by atoms with E-state index in [0.717, 1.165) is 19.4 Å². The minimum Gasteiger partial charge on any atom is -0.384 e. The van der Waals surface area contributed by atoms with Crippen molar-refractivity contribution in [1.29, 1.82) is 0 Å². The summed E-state index contributed by atoms with van der Waals surface area (Å²) in [5.41, 5.74) is 0.823. The Morgan fingerprint density at radius 3 is 3.25 bits per heavy atom. The first-order valence-corrected chi connectivity index (χ1v) is 6.72. The summed E-state index contributed by atoms with van der Waals surface area (Å²) >= 11 is 0. The van der Waals surface area contributed by atoms with E-state index in [-0.39, 0.29) is 12.5 Å². The van der Waals surface area contributed by atoms with E-state index in [9.17, 15) is 4.79 Å². The van der Waals surface area contributed by atoms with E-state index in [1.54, 1.807) is 18.3 Å². The van der Waals surface area contributed by atoms with Gasteiger partial charge in [-0.3, -0.25) is 4.79 Å². The molecule has 5 heteroatoms. The van der Waals surface area contributed by atoms with E-state index in [1.165, 1.54) is 0 Å². The van der Waals surface area contributed by atoms with Crippen LogP contribution in [0.5, 0.6) is 0 Å². The van der Waals surface area contributed by atoms with Crippen molar-refractivity contribution >= 4 is 5.91 Å². The predicted octanol–water partition coefficient (Wildman–Crippen LogP) is 0.582. The zero-order valence-corrected chi connectivity index (χ0v) is 11.3. The smallest absolute Gasteiger partial charge is 0.271 e. The van der Waals surface area contributed by atoms with Crippen LogP contribution in [0.25, 0.3) is 0 Å². The number of ether oxygens (including phenoxy) is 1. The van der Waals surface area contributed by atoms with Crippen molar-refractivity contribution in [2.24, 2.45) is 5.92 Å². The maximum Gasteiger partial charge on any atom is 0.271 e. The zero-order valence-electron chi connectivity index (χ0n) is 11.3. The van der Waals surface area contributed by atoms with Gasteiger partial charge in [0.15, 0.2) is 0 Å². The Morgan fingerprint density at radius 1 is 1.60 bits per heavy atom. The lowest BCUT2D eigenvalue weighted by molar-refractivity contribution is 0.0535. The van der Waals surface area contributed by atoms with E-state index >= 15 is 0 Å². The number of aromatic nitrogens is 1. The minimum atomic E-state index is -0.241. The van der Waals surface area contributed by atoms with Gasteiger partial charge in [-0.2, -0.15) is 0 Å². The average molecular weight is 274 g/mol. The molecule has 0 spiro atoms. The molecule has 0 bridgehead atoms. The molecule has 0 aliphatic carbocycles. The fourth-order valence-corrected chi connectivity index (χ4v) is 2.11. The highest BCUT2D eigenvalue weighted by Crippen LogP contribution is 2.12. The third kappa shape index (κ3) is 4.05. The minimum absolute atomic E-state index is 0.238. The second-order valence-corrected chi connectivity index (χ2v) is 4.65. The molecule has 2 rings (SSSR count). The molecule has 1 aromatic rings. The Labute approximate surface area is 118 Å². The Bertz CT molecular complexity index is 513. The van der Waals surface area contributed by atoms with Gasteiger partial charge in [0.05, 0.1) is 12.2 Å². The Kier molecular flexibility index (Phi) is 5.54. The average Bonchev–Trinajstić information content (AvgIpc) is 2.52. The molecule has 0 aromatic carbocycles. The molecule has 5 nitrogen and oxygen atoms in total. The second kappa shape index (κ2) is 7.63. The molecule has 1 saturated heterocycles. The van der Waals surface area contributed by atoms with Gasteiger partial charge in [-0.25, -0.2) is 4.98 Å². The molecule has 1 fully saturated rings. The first-order chi connectivity index (χ1) is 9.81. The topological polar surface area (TPSA) is 71.5 Å². The van der Waals surface area contributed by atoms with Gasteiger partial charge in [0.2, 0.25) is 0 Å². The number of amides is 1. The normalized spacial score (nSPS) is 17.9. The predicted molar refractivity (Wildman–Crippen MR) is 74.1 cm³/mol. The van der Waals surface area contributed by atoms with Crippen molar-refractivity contribution < 1.29 is 14.6 Å². The third-order valence-electron chi connectivity index (χ3n) is 3.13. The molecular formula is C15H18N2O3. The number of pyridine rings is 1.